The van der Waals surface area contributed by atoms with E-state index in [1.165, 1.54) is 0 Å². The predicted octanol–water partition coefficient (Wildman–Crippen LogP) is 5.42. The minimum Gasteiger partial charge on any atom is -0.494 e. The van der Waals surface area contributed by atoms with Crippen LogP contribution >= 0.6 is 0 Å². The van der Waals surface area contributed by atoms with Gasteiger partial charge in [0, 0.05) is 44.6 Å². The number of ether oxygens (including phenoxy) is 1. The van der Waals surface area contributed by atoms with E-state index in [-0.39, 0.29) is 0 Å². The number of hydrogen-bond acceptors (Lipinski definition) is 6. The summed E-state index contributed by atoms with van der Waals surface area (Å²) in [5.74, 6) is 2.45. The van der Waals surface area contributed by atoms with E-state index in [9.17, 15) is 0 Å². The Hall–Kier alpha value is -3.50. The fourth-order valence-electron chi connectivity index (χ4n) is 4.13. The number of H-pyrrole nitrogens is 2. The van der Waals surface area contributed by atoms with Crippen LogP contribution in [0.5, 0.6) is 5.75 Å². The number of nitrogens with one attached hydrogen (secondary N) is 2. The first-order valence-corrected chi connectivity index (χ1v) is 13.4. The summed E-state index contributed by atoms with van der Waals surface area (Å²) >= 11 is 0. The Labute approximate surface area is 204 Å². The number of nitrogens with zero attached hydrogens (tertiary/aromatic N) is 2. The monoisotopic (exact) mass is 488 g/mol. The van der Waals surface area contributed by atoms with Crippen LogP contribution in [0.3, 0.4) is 0 Å². The quantitative estimate of drug-likeness (QED) is 0.201. The van der Waals surface area contributed by atoms with Crippen LogP contribution in [0.15, 0.2) is 66.7 Å². The second kappa shape index (κ2) is 10.0. The van der Waals surface area contributed by atoms with Crippen LogP contribution < -0.4 is 4.74 Å². The molecule has 0 spiro atoms. The molecule has 2 aromatic heterocycles. The molecule has 0 radical (unpaired) electrons. The SMILES string of the molecule is CO[Si](CCCOc1ccc2nc(-c3ccc(-c4nc5ccccc5[nH]4)cc3)[nH]c2c1)(OC)OC. The lowest BCUT2D eigenvalue weighted by Gasteiger charge is -2.24. The van der Waals surface area contributed by atoms with Crippen molar-refractivity contribution in [3.05, 3.63) is 66.7 Å². The molecule has 0 saturated carbocycles. The van der Waals surface area contributed by atoms with Gasteiger partial charge in [0.05, 0.1) is 28.7 Å². The van der Waals surface area contributed by atoms with Crippen LogP contribution in [0, 0.1) is 0 Å². The van der Waals surface area contributed by atoms with E-state index in [0.29, 0.717) is 12.7 Å². The van der Waals surface area contributed by atoms with Gasteiger partial charge in [0.2, 0.25) is 0 Å². The Bertz CT molecular complexity index is 1390. The first-order valence-electron chi connectivity index (χ1n) is 11.5. The highest BCUT2D eigenvalue weighted by atomic mass is 28.4. The number of rotatable bonds is 10. The lowest BCUT2D eigenvalue weighted by molar-refractivity contribution is 0.121. The third-order valence-corrected chi connectivity index (χ3v) is 8.94. The van der Waals surface area contributed by atoms with Gasteiger partial charge in [0.1, 0.15) is 17.4 Å². The van der Waals surface area contributed by atoms with Crippen LogP contribution in [0.4, 0.5) is 0 Å². The molecule has 9 heteroatoms. The molecule has 5 aromatic rings. The van der Waals surface area contributed by atoms with E-state index in [2.05, 4.69) is 39.2 Å². The number of fused-ring (bicyclic) bond motifs is 2. The first kappa shape index (κ1) is 23.2. The molecule has 0 unspecified atom stereocenters. The van der Waals surface area contributed by atoms with Crippen LogP contribution in [0.1, 0.15) is 6.42 Å². The number of hydrogen-bond donors (Lipinski definition) is 2. The lowest BCUT2D eigenvalue weighted by atomic mass is 10.1. The molecule has 3 aromatic carbocycles. The van der Waals surface area contributed by atoms with E-state index >= 15 is 0 Å². The van der Waals surface area contributed by atoms with Gasteiger partial charge < -0.3 is 28.0 Å². The minimum absolute atomic E-state index is 0.542. The first-order chi connectivity index (χ1) is 17.1. The second-order valence-electron chi connectivity index (χ2n) is 8.19. The van der Waals surface area contributed by atoms with Crippen molar-refractivity contribution in [1.82, 2.24) is 19.9 Å². The highest BCUT2D eigenvalue weighted by Gasteiger charge is 2.36. The number of aromatic nitrogens is 4. The smallest absolute Gasteiger partial charge is 0.494 e. The van der Waals surface area contributed by atoms with Crippen molar-refractivity contribution >= 4 is 30.9 Å². The van der Waals surface area contributed by atoms with Crippen molar-refractivity contribution in [3.8, 4) is 28.5 Å². The zero-order chi connectivity index (χ0) is 24.3. The number of imidazole rings is 2. The molecule has 0 aliphatic carbocycles. The molecular formula is C26H28N4O4Si. The van der Waals surface area contributed by atoms with Crippen LogP contribution in [0.25, 0.3) is 44.8 Å². The van der Waals surface area contributed by atoms with Crippen molar-refractivity contribution < 1.29 is 18.0 Å². The normalized spacial score (nSPS) is 12.0. The summed E-state index contributed by atoms with van der Waals surface area (Å²) in [6.07, 6.45) is 0.769. The molecule has 8 nitrogen and oxygen atoms in total. The summed E-state index contributed by atoms with van der Waals surface area (Å²) in [5.41, 5.74) is 5.83. The maximum absolute atomic E-state index is 5.94. The topological polar surface area (TPSA) is 94.3 Å². The molecule has 2 heterocycles. The zero-order valence-electron chi connectivity index (χ0n) is 20.0. The van der Waals surface area contributed by atoms with Gasteiger partial charge in [-0.1, -0.05) is 36.4 Å². The highest BCUT2D eigenvalue weighted by molar-refractivity contribution is 6.60. The molecule has 0 atom stereocenters. The molecule has 0 saturated heterocycles. The van der Waals surface area contributed by atoms with Gasteiger partial charge in [-0.3, -0.25) is 0 Å². The summed E-state index contributed by atoms with van der Waals surface area (Å²) < 4.78 is 22.3. The Kier molecular flexibility index (Phi) is 6.65. The Balaban J connectivity index is 1.26. The lowest BCUT2D eigenvalue weighted by Crippen LogP contribution is -2.42. The van der Waals surface area contributed by atoms with Gasteiger partial charge >= 0.3 is 8.80 Å². The van der Waals surface area contributed by atoms with Crippen molar-refractivity contribution in [2.24, 2.45) is 0 Å². The van der Waals surface area contributed by atoms with E-state index in [1.54, 1.807) is 21.3 Å². The van der Waals surface area contributed by atoms with Crippen LogP contribution in [-0.2, 0) is 13.3 Å². The maximum Gasteiger partial charge on any atom is 0.500 e. The fourth-order valence-corrected chi connectivity index (χ4v) is 5.82. The molecule has 180 valence electrons. The standard InChI is InChI=1S/C26H28N4O4Si/c1-31-35(32-2,33-3)16-6-15-34-20-13-14-23-24(17-20)30-26(29-23)19-11-9-18(10-12-19)25-27-21-7-4-5-8-22(21)28-25/h4-5,7-14,17H,6,15-16H2,1-3H3,(H,27,28)(H,29,30). The third-order valence-electron chi connectivity index (χ3n) is 6.10. The molecule has 0 amide bonds. The molecule has 0 aliphatic rings. The number of para-hydroxylation sites is 2. The zero-order valence-corrected chi connectivity index (χ0v) is 21.0. The van der Waals surface area contributed by atoms with Crippen molar-refractivity contribution in [1.29, 1.82) is 0 Å². The van der Waals surface area contributed by atoms with Crippen LogP contribution in [-0.4, -0.2) is 56.7 Å². The summed E-state index contributed by atoms with van der Waals surface area (Å²) in [4.78, 5) is 16.2. The molecule has 5 rings (SSSR count). The minimum atomic E-state index is -2.57. The van der Waals surface area contributed by atoms with Crippen molar-refractivity contribution in [3.63, 3.8) is 0 Å². The average molecular weight is 489 g/mol. The van der Waals surface area contributed by atoms with Crippen LogP contribution in [0.2, 0.25) is 6.04 Å². The van der Waals surface area contributed by atoms with Gasteiger partial charge in [0.15, 0.2) is 0 Å². The molecule has 0 fully saturated rings. The van der Waals surface area contributed by atoms with Gasteiger partial charge in [0.25, 0.3) is 0 Å². The van der Waals surface area contributed by atoms with E-state index in [4.69, 9.17) is 23.0 Å². The molecule has 0 aliphatic heterocycles. The molecule has 0 bridgehead atoms. The Morgan fingerprint density at radius 3 is 1.94 bits per heavy atom. The summed E-state index contributed by atoms with van der Waals surface area (Å²) in [6, 6.07) is 22.8. The van der Waals surface area contributed by atoms with Gasteiger partial charge in [-0.25, -0.2) is 9.97 Å². The Morgan fingerprint density at radius 2 is 1.31 bits per heavy atom. The molecule has 2 N–H and O–H groups in total. The molecular weight excluding hydrogens is 460 g/mol. The summed E-state index contributed by atoms with van der Waals surface area (Å²) in [5, 5.41) is 0. The third kappa shape index (κ3) is 4.84. The highest BCUT2D eigenvalue weighted by Crippen LogP contribution is 2.27. The number of aromatic amines is 2. The largest absolute Gasteiger partial charge is 0.500 e. The van der Waals surface area contributed by atoms with E-state index in [1.807, 2.05) is 42.5 Å². The van der Waals surface area contributed by atoms with E-state index < -0.39 is 8.80 Å². The Morgan fingerprint density at radius 1 is 0.714 bits per heavy atom. The summed E-state index contributed by atoms with van der Waals surface area (Å²) in [7, 11) is 2.29. The maximum atomic E-state index is 5.94. The number of benzene rings is 3. The van der Waals surface area contributed by atoms with Crippen molar-refractivity contribution in [2.45, 2.75) is 12.5 Å². The second-order valence-corrected chi connectivity index (χ2v) is 11.3. The summed E-state index contributed by atoms with van der Waals surface area (Å²) in [6.45, 7) is 0.542. The van der Waals surface area contributed by atoms with E-state index in [0.717, 1.165) is 57.0 Å². The molecule has 35 heavy (non-hydrogen) atoms. The average Bonchev–Trinajstić information content (AvgIpc) is 3.53. The van der Waals surface area contributed by atoms with Crippen molar-refractivity contribution in [2.75, 3.05) is 27.9 Å². The van der Waals surface area contributed by atoms with Gasteiger partial charge in [-0.05, 0) is 30.7 Å². The fraction of sp³-hybridized carbons (Fsp3) is 0.231. The van der Waals surface area contributed by atoms with Gasteiger partial charge in [-0.2, -0.15) is 0 Å². The predicted molar refractivity (Wildman–Crippen MR) is 138 cm³/mol. The van der Waals surface area contributed by atoms with Gasteiger partial charge in [-0.15, -0.1) is 0 Å².